The summed E-state index contributed by atoms with van der Waals surface area (Å²) in [6.45, 7) is 15.6. The molecule has 0 aliphatic rings. The highest BCUT2D eigenvalue weighted by atomic mass is 31.2. The van der Waals surface area contributed by atoms with Crippen LogP contribution in [0.5, 0.6) is 5.75 Å². The standard InChI is InChI=1S/C29H53O4P/c1-8-10-12-14-16-18-20-32-34(31,33-21-19-17-15-13-11-9-2)23-26-24(3)22-27(29(5,6)7)28(30)25(26)4/h22,30H,8-21,23H2,1-7H3. The highest BCUT2D eigenvalue weighted by Crippen LogP contribution is 2.53. The van der Waals surface area contributed by atoms with Gasteiger partial charge in [-0.1, -0.05) is 105 Å². The minimum absolute atomic E-state index is 0.162. The predicted molar refractivity (Wildman–Crippen MR) is 146 cm³/mol. The van der Waals surface area contributed by atoms with Crippen LogP contribution in [0.1, 0.15) is 134 Å². The predicted octanol–water partition coefficient (Wildman–Crippen LogP) is 9.75. The van der Waals surface area contributed by atoms with Crippen LogP contribution >= 0.6 is 7.60 Å². The normalized spacial score (nSPS) is 12.4. The van der Waals surface area contributed by atoms with Gasteiger partial charge in [-0.2, -0.15) is 0 Å². The number of aryl methyl sites for hydroxylation is 1. The molecule has 0 unspecified atom stereocenters. The molecule has 0 aliphatic heterocycles. The van der Waals surface area contributed by atoms with Gasteiger partial charge in [-0.3, -0.25) is 4.57 Å². The maximum Gasteiger partial charge on any atom is 0.335 e. The summed E-state index contributed by atoms with van der Waals surface area (Å²) in [5.74, 6) is 0.298. The Morgan fingerprint density at radius 2 is 1.24 bits per heavy atom. The van der Waals surface area contributed by atoms with Crippen molar-refractivity contribution in [2.75, 3.05) is 13.2 Å². The Labute approximate surface area is 210 Å². The summed E-state index contributed by atoms with van der Waals surface area (Å²) in [5.41, 5.74) is 3.47. The Morgan fingerprint density at radius 1 is 0.794 bits per heavy atom. The summed E-state index contributed by atoms with van der Waals surface area (Å²) < 4.78 is 25.8. The molecule has 1 rings (SSSR count). The number of hydrogen-bond donors (Lipinski definition) is 1. The Bertz CT molecular complexity index is 729. The Kier molecular flexibility index (Phi) is 14.7. The number of rotatable bonds is 18. The minimum atomic E-state index is -3.30. The van der Waals surface area contributed by atoms with E-state index in [2.05, 4.69) is 34.6 Å². The molecule has 0 saturated heterocycles. The second-order valence-corrected chi connectivity index (χ2v) is 13.0. The summed E-state index contributed by atoms with van der Waals surface area (Å²) in [4.78, 5) is 0. The molecule has 198 valence electrons. The molecule has 1 N–H and O–H groups in total. The average Bonchev–Trinajstić information content (AvgIpc) is 2.77. The van der Waals surface area contributed by atoms with E-state index in [0.717, 1.165) is 47.9 Å². The Hall–Kier alpha value is -0.830. The largest absolute Gasteiger partial charge is 0.507 e. The maximum absolute atomic E-state index is 13.8. The van der Waals surface area contributed by atoms with Crippen molar-refractivity contribution in [3.05, 3.63) is 28.3 Å². The van der Waals surface area contributed by atoms with Crippen LogP contribution in [-0.4, -0.2) is 18.3 Å². The van der Waals surface area contributed by atoms with Crippen molar-refractivity contribution in [1.82, 2.24) is 0 Å². The molecular weight excluding hydrogens is 443 g/mol. The monoisotopic (exact) mass is 496 g/mol. The lowest BCUT2D eigenvalue weighted by atomic mass is 9.83. The molecule has 34 heavy (non-hydrogen) atoms. The average molecular weight is 497 g/mol. The molecule has 0 spiro atoms. The van der Waals surface area contributed by atoms with Gasteiger partial charge in [-0.25, -0.2) is 0 Å². The lowest BCUT2D eigenvalue weighted by Crippen LogP contribution is -2.14. The van der Waals surface area contributed by atoms with Crippen molar-refractivity contribution in [1.29, 1.82) is 0 Å². The molecule has 0 radical (unpaired) electrons. The first-order valence-corrected chi connectivity index (χ1v) is 15.5. The second-order valence-electron chi connectivity index (χ2n) is 10.9. The van der Waals surface area contributed by atoms with Crippen molar-refractivity contribution in [2.45, 2.75) is 137 Å². The van der Waals surface area contributed by atoms with Gasteiger partial charge in [0.05, 0.1) is 19.4 Å². The lowest BCUT2D eigenvalue weighted by Gasteiger charge is -2.26. The van der Waals surface area contributed by atoms with Crippen molar-refractivity contribution < 1.29 is 18.7 Å². The van der Waals surface area contributed by atoms with Crippen LogP contribution in [0.15, 0.2) is 6.07 Å². The van der Waals surface area contributed by atoms with Gasteiger partial charge in [0.2, 0.25) is 0 Å². The molecule has 0 amide bonds. The zero-order chi connectivity index (χ0) is 25.6. The van der Waals surface area contributed by atoms with Crippen molar-refractivity contribution in [3.63, 3.8) is 0 Å². The van der Waals surface area contributed by atoms with E-state index in [1.54, 1.807) is 0 Å². The fraction of sp³-hybridized carbons (Fsp3) is 0.793. The number of phenols is 1. The van der Waals surface area contributed by atoms with E-state index in [-0.39, 0.29) is 11.6 Å². The van der Waals surface area contributed by atoms with Crippen molar-refractivity contribution in [2.24, 2.45) is 0 Å². The zero-order valence-corrected chi connectivity index (χ0v) is 24.2. The van der Waals surface area contributed by atoms with Gasteiger partial charge in [0.25, 0.3) is 0 Å². The molecule has 0 bridgehead atoms. The molecule has 1 aromatic rings. The van der Waals surface area contributed by atoms with Crippen LogP contribution in [0.4, 0.5) is 0 Å². The fourth-order valence-corrected chi connectivity index (χ4v) is 6.27. The summed E-state index contributed by atoms with van der Waals surface area (Å²) in [5, 5.41) is 10.9. The minimum Gasteiger partial charge on any atom is -0.507 e. The molecule has 0 heterocycles. The third-order valence-electron chi connectivity index (χ3n) is 6.63. The number of phenolic OH excluding ortho intramolecular Hbond substituents is 1. The second kappa shape index (κ2) is 16.0. The molecule has 0 saturated carbocycles. The van der Waals surface area contributed by atoms with Gasteiger partial charge in [0.1, 0.15) is 5.75 Å². The first kappa shape index (κ1) is 31.2. The van der Waals surface area contributed by atoms with E-state index in [4.69, 9.17) is 9.05 Å². The van der Waals surface area contributed by atoms with Gasteiger partial charge < -0.3 is 14.2 Å². The van der Waals surface area contributed by atoms with Gasteiger partial charge in [0.15, 0.2) is 0 Å². The van der Waals surface area contributed by atoms with Crippen molar-refractivity contribution >= 4 is 7.60 Å². The fourth-order valence-electron chi connectivity index (χ4n) is 4.32. The number of unbranched alkanes of at least 4 members (excludes halogenated alkanes) is 10. The van der Waals surface area contributed by atoms with E-state index in [1.807, 2.05) is 19.9 Å². The first-order valence-electron chi connectivity index (χ1n) is 13.8. The number of aromatic hydroxyl groups is 1. The van der Waals surface area contributed by atoms with E-state index < -0.39 is 7.60 Å². The highest BCUT2D eigenvalue weighted by Gasteiger charge is 2.29. The van der Waals surface area contributed by atoms with Crippen LogP contribution in [-0.2, 0) is 25.2 Å². The molecule has 0 aliphatic carbocycles. The van der Waals surface area contributed by atoms with E-state index in [9.17, 15) is 9.67 Å². The molecule has 0 fully saturated rings. The van der Waals surface area contributed by atoms with Crippen LogP contribution in [0.3, 0.4) is 0 Å². The quantitative estimate of drug-likeness (QED) is 0.162. The number of hydrogen-bond acceptors (Lipinski definition) is 4. The Balaban J connectivity index is 2.87. The topological polar surface area (TPSA) is 55.8 Å². The van der Waals surface area contributed by atoms with Crippen molar-refractivity contribution in [3.8, 4) is 5.75 Å². The molecule has 5 heteroatoms. The third-order valence-corrected chi connectivity index (χ3v) is 8.49. The smallest absolute Gasteiger partial charge is 0.335 e. The summed E-state index contributed by atoms with van der Waals surface area (Å²) in [6, 6.07) is 2.03. The van der Waals surface area contributed by atoms with Gasteiger partial charge >= 0.3 is 7.60 Å². The van der Waals surface area contributed by atoms with Crippen LogP contribution < -0.4 is 0 Å². The lowest BCUT2D eigenvalue weighted by molar-refractivity contribution is 0.196. The van der Waals surface area contributed by atoms with Gasteiger partial charge in [-0.05, 0) is 54.4 Å². The zero-order valence-electron chi connectivity index (χ0n) is 23.3. The third kappa shape index (κ3) is 11.3. The van der Waals surface area contributed by atoms with Gasteiger partial charge in [0, 0.05) is 0 Å². The highest BCUT2D eigenvalue weighted by molar-refractivity contribution is 7.53. The molecule has 0 aromatic heterocycles. The SMILES string of the molecule is CCCCCCCCOP(=O)(Cc1c(C)cc(C(C)(C)C)c(O)c1C)OCCCCCCCC. The van der Waals surface area contributed by atoms with E-state index in [0.29, 0.717) is 19.0 Å². The summed E-state index contributed by atoms with van der Waals surface area (Å²) in [7, 11) is -3.30. The van der Waals surface area contributed by atoms with Gasteiger partial charge in [-0.15, -0.1) is 0 Å². The van der Waals surface area contributed by atoms with Crippen LogP contribution in [0, 0.1) is 13.8 Å². The first-order chi connectivity index (χ1) is 16.1. The van der Waals surface area contributed by atoms with Crippen LogP contribution in [0.2, 0.25) is 0 Å². The van der Waals surface area contributed by atoms with Crippen LogP contribution in [0.25, 0.3) is 0 Å². The maximum atomic E-state index is 13.8. The molecule has 1 aromatic carbocycles. The molecule has 0 atom stereocenters. The molecular formula is C29H53O4P. The number of benzene rings is 1. The Morgan fingerprint density at radius 3 is 1.68 bits per heavy atom. The van der Waals surface area contributed by atoms with E-state index in [1.165, 1.54) is 51.4 Å². The summed E-state index contributed by atoms with van der Waals surface area (Å²) >= 11 is 0. The summed E-state index contributed by atoms with van der Waals surface area (Å²) in [6.07, 6.45) is 14.1. The van der Waals surface area contributed by atoms with E-state index >= 15 is 0 Å². The molecule has 4 nitrogen and oxygen atoms in total.